The smallest absolute Gasteiger partial charge is 0.261 e. The molecule has 0 aliphatic heterocycles. The molecule has 4 rings (SSSR count). The summed E-state index contributed by atoms with van der Waals surface area (Å²) in [7, 11) is 0. The lowest BCUT2D eigenvalue weighted by Gasteiger charge is -2.07. The largest absolute Gasteiger partial charge is 0.309 e. The van der Waals surface area contributed by atoms with Crippen molar-refractivity contribution in [1.29, 1.82) is 0 Å². The number of fused-ring (bicyclic) bond motifs is 3. The lowest BCUT2D eigenvalue weighted by Crippen LogP contribution is -2.21. The van der Waals surface area contributed by atoms with Crippen molar-refractivity contribution in [2.75, 3.05) is 0 Å². The molecule has 0 atom stereocenters. The zero-order valence-corrected chi connectivity index (χ0v) is 10.9. The third-order valence-electron chi connectivity index (χ3n) is 3.31. The van der Waals surface area contributed by atoms with Crippen LogP contribution in [0.1, 0.15) is 5.69 Å². The minimum absolute atomic E-state index is 0.122. The molecule has 4 aromatic rings. The monoisotopic (exact) mass is 278 g/mol. The predicted molar refractivity (Wildman–Crippen MR) is 75.9 cm³/mol. The van der Waals surface area contributed by atoms with Gasteiger partial charge in [-0.2, -0.15) is 14.6 Å². The second-order valence-electron chi connectivity index (χ2n) is 4.60. The Labute approximate surface area is 118 Å². The Morgan fingerprint density at radius 2 is 2.05 bits per heavy atom. The highest BCUT2D eigenvalue weighted by molar-refractivity contribution is 5.78. The maximum absolute atomic E-state index is 12.5. The summed E-state index contributed by atoms with van der Waals surface area (Å²) in [6, 6.07) is 7.46. The molecule has 0 amide bonds. The van der Waals surface area contributed by atoms with Crippen LogP contribution < -0.4 is 5.56 Å². The maximum atomic E-state index is 12.5. The second-order valence-corrected chi connectivity index (χ2v) is 4.60. The molecular weight excluding hydrogens is 268 g/mol. The third-order valence-corrected chi connectivity index (χ3v) is 3.31. The summed E-state index contributed by atoms with van der Waals surface area (Å²) in [5.41, 5.74) is 1.40. The highest BCUT2D eigenvalue weighted by atomic mass is 16.1. The van der Waals surface area contributed by atoms with Crippen molar-refractivity contribution in [2.24, 2.45) is 0 Å². The van der Waals surface area contributed by atoms with E-state index in [0.717, 1.165) is 5.69 Å². The number of hydrogen-bond acceptors (Lipinski definition) is 5. The molecule has 0 bridgehead atoms. The van der Waals surface area contributed by atoms with E-state index in [1.807, 2.05) is 24.3 Å². The molecule has 7 nitrogen and oxygen atoms in total. The third kappa shape index (κ3) is 1.86. The zero-order valence-electron chi connectivity index (χ0n) is 10.9. The van der Waals surface area contributed by atoms with Crippen LogP contribution in [0.4, 0.5) is 0 Å². The van der Waals surface area contributed by atoms with Gasteiger partial charge in [0.05, 0.1) is 23.1 Å². The van der Waals surface area contributed by atoms with Crippen molar-refractivity contribution in [3.8, 4) is 0 Å². The molecule has 4 aromatic heterocycles. The van der Waals surface area contributed by atoms with Gasteiger partial charge in [-0.1, -0.05) is 6.07 Å². The first kappa shape index (κ1) is 11.7. The van der Waals surface area contributed by atoms with Crippen molar-refractivity contribution in [1.82, 2.24) is 29.1 Å². The summed E-state index contributed by atoms with van der Waals surface area (Å²) >= 11 is 0. The quantitative estimate of drug-likeness (QED) is 0.544. The predicted octanol–water partition coefficient (Wildman–Crippen LogP) is 0.882. The normalized spacial score (nSPS) is 11.2. The molecule has 0 aliphatic rings. The van der Waals surface area contributed by atoms with E-state index in [2.05, 4.69) is 20.1 Å². The van der Waals surface area contributed by atoms with Gasteiger partial charge in [0.2, 0.25) is 0 Å². The van der Waals surface area contributed by atoms with Crippen molar-refractivity contribution in [3.63, 3.8) is 0 Å². The number of nitrogens with zero attached hydrogens (tertiary/aromatic N) is 6. The van der Waals surface area contributed by atoms with Crippen LogP contribution >= 0.6 is 0 Å². The van der Waals surface area contributed by atoms with Crippen molar-refractivity contribution >= 4 is 16.7 Å². The van der Waals surface area contributed by atoms with E-state index in [0.29, 0.717) is 23.2 Å². The molecule has 21 heavy (non-hydrogen) atoms. The van der Waals surface area contributed by atoms with Gasteiger partial charge in [0.25, 0.3) is 11.3 Å². The molecule has 0 aromatic carbocycles. The first-order chi connectivity index (χ1) is 10.3. The Bertz CT molecular complexity index is 989. The second kappa shape index (κ2) is 4.48. The van der Waals surface area contributed by atoms with Gasteiger partial charge in [0.1, 0.15) is 6.33 Å². The summed E-state index contributed by atoms with van der Waals surface area (Å²) in [5.74, 6) is 0.476. The van der Waals surface area contributed by atoms with Crippen LogP contribution in [0, 0.1) is 0 Å². The Morgan fingerprint density at radius 1 is 1.10 bits per heavy atom. The van der Waals surface area contributed by atoms with E-state index in [1.54, 1.807) is 21.5 Å². The van der Waals surface area contributed by atoms with E-state index in [1.165, 1.54) is 12.5 Å². The SMILES string of the molecule is O=c1c2cnc3ncnn3c2ccn1Cc1ccccn1. The molecule has 0 aliphatic carbocycles. The summed E-state index contributed by atoms with van der Waals surface area (Å²) in [5, 5.41) is 4.59. The van der Waals surface area contributed by atoms with E-state index in [9.17, 15) is 4.79 Å². The van der Waals surface area contributed by atoms with Crippen LogP contribution in [0.15, 0.2) is 54.0 Å². The fourth-order valence-corrected chi connectivity index (χ4v) is 2.29. The van der Waals surface area contributed by atoms with Crippen LogP contribution in [0.5, 0.6) is 0 Å². The molecular formula is C14H10N6O. The average Bonchev–Trinajstić information content (AvgIpc) is 3.00. The molecule has 0 spiro atoms. The van der Waals surface area contributed by atoms with Gasteiger partial charge in [-0.25, -0.2) is 4.98 Å². The molecule has 102 valence electrons. The molecule has 7 heteroatoms. The number of rotatable bonds is 2. The Kier molecular flexibility index (Phi) is 2.50. The molecule has 4 heterocycles. The summed E-state index contributed by atoms with van der Waals surface area (Å²) < 4.78 is 3.16. The van der Waals surface area contributed by atoms with Crippen molar-refractivity contribution in [3.05, 3.63) is 65.2 Å². The first-order valence-electron chi connectivity index (χ1n) is 6.41. The van der Waals surface area contributed by atoms with Crippen LogP contribution in [0.25, 0.3) is 16.7 Å². The summed E-state index contributed by atoms with van der Waals surface area (Å²) in [6.45, 7) is 0.422. The highest BCUT2D eigenvalue weighted by Crippen LogP contribution is 2.09. The van der Waals surface area contributed by atoms with Crippen LogP contribution in [-0.4, -0.2) is 29.1 Å². The van der Waals surface area contributed by atoms with Gasteiger partial charge in [0.15, 0.2) is 0 Å². The van der Waals surface area contributed by atoms with Crippen molar-refractivity contribution in [2.45, 2.75) is 6.54 Å². The Morgan fingerprint density at radius 3 is 2.90 bits per heavy atom. The molecule has 0 fully saturated rings. The van der Waals surface area contributed by atoms with Gasteiger partial charge in [-0.3, -0.25) is 9.78 Å². The molecule has 0 unspecified atom stereocenters. The van der Waals surface area contributed by atoms with Gasteiger partial charge >= 0.3 is 0 Å². The zero-order chi connectivity index (χ0) is 14.2. The minimum Gasteiger partial charge on any atom is -0.309 e. The van der Waals surface area contributed by atoms with Gasteiger partial charge < -0.3 is 4.57 Å². The van der Waals surface area contributed by atoms with Crippen LogP contribution in [0.3, 0.4) is 0 Å². The molecule has 0 radical (unpaired) electrons. The fourth-order valence-electron chi connectivity index (χ4n) is 2.29. The summed E-state index contributed by atoms with van der Waals surface area (Å²) in [6.07, 6.45) is 6.40. The maximum Gasteiger partial charge on any atom is 0.261 e. The standard InChI is InChI=1S/C14H10N6O/c21-13-11-7-16-14-17-9-18-20(14)12(11)4-6-19(13)8-10-3-1-2-5-15-10/h1-7,9H,8H2. The molecule has 0 saturated carbocycles. The van der Waals surface area contributed by atoms with E-state index in [4.69, 9.17) is 0 Å². The number of hydrogen-bond donors (Lipinski definition) is 0. The van der Waals surface area contributed by atoms with Crippen LogP contribution in [0.2, 0.25) is 0 Å². The summed E-state index contributed by atoms with van der Waals surface area (Å²) in [4.78, 5) is 24.9. The topological polar surface area (TPSA) is 78.0 Å². The molecule has 0 N–H and O–H groups in total. The molecule has 0 saturated heterocycles. The van der Waals surface area contributed by atoms with Gasteiger partial charge in [-0.05, 0) is 18.2 Å². The average molecular weight is 278 g/mol. The lowest BCUT2D eigenvalue weighted by atomic mass is 10.3. The number of pyridine rings is 2. The Balaban J connectivity index is 1.90. The lowest BCUT2D eigenvalue weighted by molar-refractivity contribution is 0.745. The van der Waals surface area contributed by atoms with E-state index in [-0.39, 0.29) is 5.56 Å². The number of aromatic nitrogens is 6. The van der Waals surface area contributed by atoms with E-state index < -0.39 is 0 Å². The van der Waals surface area contributed by atoms with Crippen LogP contribution in [-0.2, 0) is 6.54 Å². The Hall–Kier alpha value is -3.09. The van der Waals surface area contributed by atoms with Gasteiger partial charge in [0, 0.05) is 18.6 Å². The van der Waals surface area contributed by atoms with E-state index >= 15 is 0 Å². The van der Waals surface area contributed by atoms with Crippen molar-refractivity contribution < 1.29 is 0 Å². The van der Waals surface area contributed by atoms with Gasteiger partial charge in [-0.15, -0.1) is 0 Å². The minimum atomic E-state index is -0.122. The highest BCUT2D eigenvalue weighted by Gasteiger charge is 2.08. The first-order valence-corrected chi connectivity index (χ1v) is 6.41. The fraction of sp³-hybridized carbons (Fsp3) is 0.0714.